The number of fused-ring (bicyclic) bond motifs is 2. The van der Waals surface area contributed by atoms with Crippen LogP contribution in [0.15, 0.2) is 48.5 Å². The molecule has 0 atom stereocenters. The van der Waals surface area contributed by atoms with Gasteiger partial charge >= 0.3 is 0 Å². The first-order chi connectivity index (χ1) is 15.1. The summed E-state index contributed by atoms with van der Waals surface area (Å²) in [5.74, 6) is -0.208. The number of aromatic nitrogens is 1. The highest BCUT2D eigenvalue weighted by atomic mass is 32.1. The highest BCUT2D eigenvalue weighted by Crippen LogP contribution is 2.46. The predicted octanol–water partition coefficient (Wildman–Crippen LogP) is 6.34. The van der Waals surface area contributed by atoms with E-state index in [2.05, 4.69) is 16.7 Å². The SMILES string of the molecule is Cc1ccc(C(=O)NC(=S)Nc2sc3c(c2-c2nc4ccccc4s2)CCCC3)cc1. The van der Waals surface area contributed by atoms with Crippen LogP contribution in [0, 0.1) is 6.92 Å². The molecule has 1 amide bonds. The van der Waals surface area contributed by atoms with Gasteiger partial charge in [0.15, 0.2) is 5.11 Å². The van der Waals surface area contributed by atoms with Crippen molar-refractivity contribution in [2.45, 2.75) is 32.6 Å². The zero-order chi connectivity index (χ0) is 21.4. The first-order valence-corrected chi connectivity index (χ1v) is 12.3. The highest BCUT2D eigenvalue weighted by molar-refractivity contribution is 7.80. The van der Waals surface area contributed by atoms with Gasteiger partial charge in [-0.1, -0.05) is 29.8 Å². The second-order valence-corrected chi connectivity index (χ2v) is 10.2. The fourth-order valence-corrected chi connectivity index (χ4v) is 6.54. The zero-order valence-corrected chi connectivity index (χ0v) is 19.5. The molecule has 0 bridgehead atoms. The average molecular weight is 464 g/mol. The van der Waals surface area contributed by atoms with Gasteiger partial charge in [0.25, 0.3) is 5.91 Å². The molecule has 2 aromatic heterocycles. The fourth-order valence-electron chi connectivity index (χ4n) is 3.87. The van der Waals surface area contributed by atoms with Gasteiger partial charge < -0.3 is 5.32 Å². The van der Waals surface area contributed by atoms with Crippen LogP contribution in [0.2, 0.25) is 0 Å². The van der Waals surface area contributed by atoms with E-state index in [-0.39, 0.29) is 5.91 Å². The van der Waals surface area contributed by atoms with Crippen LogP contribution in [0.5, 0.6) is 0 Å². The molecule has 0 spiro atoms. The Labute approximate surface area is 194 Å². The molecule has 5 rings (SSSR count). The summed E-state index contributed by atoms with van der Waals surface area (Å²) in [4.78, 5) is 18.9. The summed E-state index contributed by atoms with van der Waals surface area (Å²) >= 11 is 8.94. The van der Waals surface area contributed by atoms with Crippen molar-refractivity contribution in [1.29, 1.82) is 0 Å². The maximum absolute atomic E-state index is 12.6. The first-order valence-electron chi connectivity index (χ1n) is 10.3. The van der Waals surface area contributed by atoms with Crippen LogP contribution in [0.25, 0.3) is 20.8 Å². The topological polar surface area (TPSA) is 54.0 Å². The Morgan fingerprint density at radius 3 is 2.61 bits per heavy atom. The number of nitrogens with one attached hydrogen (secondary N) is 2. The molecule has 7 heteroatoms. The number of aryl methyl sites for hydroxylation is 2. The minimum Gasteiger partial charge on any atom is -0.323 e. The van der Waals surface area contributed by atoms with Gasteiger partial charge in [-0.15, -0.1) is 22.7 Å². The standard InChI is InChI=1S/C24H21N3OS3/c1-14-10-12-15(13-11-14)21(28)26-24(29)27-23-20(16-6-2-4-8-18(16)30-23)22-25-17-7-3-5-9-19(17)31-22/h3,5,7,9-13H,2,4,6,8H2,1H3,(H2,26,27,28,29). The summed E-state index contributed by atoms with van der Waals surface area (Å²) in [6.07, 6.45) is 4.54. The predicted molar refractivity (Wildman–Crippen MR) is 134 cm³/mol. The number of amides is 1. The number of hydrogen-bond acceptors (Lipinski definition) is 5. The molecule has 4 nitrogen and oxygen atoms in total. The van der Waals surface area contributed by atoms with Gasteiger partial charge in [0, 0.05) is 16.0 Å². The number of benzene rings is 2. The molecule has 1 aliphatic rings. The molecule has 156 valence electrons. The molecule has 0 radical (unpaired) electrons. The Morgan fingerprint density at radius 2 is 1.81 bits per heavy atom. The van der Waals surface area contributed by atoms with Crippen LogP contribution in [-0.2, 0) is 12.8 Å². The van der Waals surface area contributed by atoms with Crippen molar-refractivity contribution >= 4 is 61.1 Å². The lowest BCUT2D eigenvalue weighted by Crippen LogP contribution is -2.34. The summed E-state index contributed by atoms with van der Waals surface area (Å²) in [7, 11) is 0. The Bertz CT molecular complexity index is 1250. The normalized spacial score (nSPS) is 13.1. The van der Waals surface area contributed by atoms with Crippen LogP contribution >= 0.6 is 34.9 Å². The molecule has 31 heavy (non-hydrogen) atoms. The lowest BCUT2D eigenvalue weighted by atomic mass is 9.96. The fraction of sp³-hybridized carbons (Fsp3) is 0.208. The number of para-hydroxylation sites is 1. The number of nitrogens with zero attached hydrogens (tertiary/aromatic N) is 1. The highest BCUT2D eigenvalue weighted by Gasteiger charge is 2.25. The summed E-state index contributed by atoms with van der Waals surface area (Å²) in [6, 6.07) is 15.7. The van der Waals surface area contributed by atoms with Gasteiger partial charge in [-0.05, 0) is 74.7 Å². The van der Waals surface area contributed by atoms with Crippen molar-refractivity contribution < 1.29 is 4.79 Å². The molecular formula is C24H21N3OS3. The minimum absolute atomic E-state index is 0.208. The van der Waals surface area contributed by atoms with E-state index in [1.165, 1.54) is 28.0 Å². The molecule has 4 aromatic rings. The molecule has 0 saturated heterocycles. The van der Waals surface area contributed by atoms with Crippen LogP contribution in [-0.4, -0.2) is 16.0 Å². The smallest absolute Gasteiger partial charge is 0.257 e. The molecule has 0 saturated carbocycles. The lowest BCUT2D eigenvalue weighted by Gasteiger charge is -2.12. The van der Waals surface area contributed by atoms with Gasteiger partial charge in [-0.2, -0.15) is 0 Å². The van der Waals surface area contributed by atoms with E-state index in [4.69, 9.17) is 17.2 Å². The van der Waals surface area contributed by atoms with Crippen molar-refractivity contribution in [3.05, 3.63) is 70.1 Å². The number of thiazole rings is 1. The van der Waals surface area contributed by atoms with Crippen molar-refractivity contribution in [2.75, 3.05) is 5.32 Å². The van der Waals surface area contributed by atoms with Gasteiger partial charge in [0.1, 0.15) is 10.0 Å². The maximum atomic E-state index is 12.6. The number of thiocarbonyl (C=S) groups is 1. The maximum Gasteiger partial charge on any atom is 0.257 e. The summed E-state index contributed by atoms with van der Waals surface area (Å²) in [5, 5.41) is 8.42. The minimum atomic E-state index is -0.208. The van der Waals surface area contributed by atoms with Gasteiger partial charge in [0.05, 0.1) is 10.2 Å². The van der Waals surface area contributed by atoms with Crippen molar-refractivity contribution in [3.8, 4) is 10.6 Å². The summed E-state index contributed by atoms with van der Waals surface area (Å²) in [6.45, 7) is 2.00. The van der Waals surface area contributed by atoms with Crippen molar-refractivity contribution in [2.24, 2.45) is 0 Å². The van der Waals surface area contributed by atoms with Crippen LogP contribution in [0.3, 0.4) is 0 Å². The molecule has 2 heterocycles. The summed E-state index contributed by atoms with van der Waals surface area (Å²) < 4.78 is 1.18. The molecule has 0 unspecified atom stereocenters. The Balaban J connectivity index is 1.44. The molecule has 2 N–H and O–H groups in total. The molecule has 1 aliphatic carbocycles. The Kier molecular flexibility index (Phi) is 5.56. The van der Waals surface area contributed by atoms with E-state index in [1.54, 1.807) is 22.7 Å². The second-order valence-electron chi connectivity index (χ2n) is 7.68. The number of hydrogen-bond donors (Lipinski definition) is 2. The largest absolute Gasteiger partial charge is 0.323 e. The quantitative estimate of drug-likeness (QED) is 0.348. The van der Waals surface area contributed by atoms with E-state index in [9.17, 15) is 4.79 Å². The second kappa shape index (κ2) is 8.49. The molecular weight excluding hydrogens is 442 g/mol. The molecule has 2 aromatic carbocycles. The van der Waals surface area contributed by atoms with E-state index < -0.39 is 0 Å². The molecule has 0 fully saturated rings. The lowest BCUT2D eigenvalue weighted by molar-refractivity contribution is 0.0977. The number of carbonyl (C=O) groups excluding carboxylic acids is 1. The van der Waals surface area contributed by atoms with Gasteiger partial charge in [0.2, 0.25) is 0 Å². The Morgan fingerprint density at radius 1 is 1.03 bits per heavy atom. The van der Waals surface area contributed by atoms with E-state index in [1.807, 2.05) is 49.4 Å². The molecule has 0 aliphatic heterocycles. The average Bonchev–Trinajstić information content (AvgIpc) is 3.34. The number of thiophene rings is 1. The van der Waals surface area contributed by atoms with Crippen LogP contribution in [0.1, 0.15) is 39.2 Å². The number of carbonyl (C=O) groups is 1. The first kappa shape index (κ1) is 20.3. The zero-order valence-electron chi connectivity index (χ0n) is 17.0. The van der Waals surface area contributed by atoms with Crippen LogP contribution in [0.4, 0.5) is 5.00 Å². The third-order valence-electron chi connectivity index (χ3n) is 5.45. The van der Waals surface area contributed by atoms with Crippen molar-refractivity contribution in [1.82, 2.24) is 10.3 Å². The van der Waals surface area contributed by atoms with Crippen molar-refractivity contribution in [3.63, 3.8) is 0 Å². The van der Waals surface area contributed by atoms with E-state index in [0.717, 1.165) is 39.5 Å². The number of rotatable bonds is 3. The monoisotopic (exact) mass is 463 g/mol. The number of anilines is 1. The summed E-state index contributed by atoms with van der Waals surface area (Å²) in [5.41, 5.74) is 5.24. The van der Waals surface area contributed by atoms with Gasteiger partial charge in [-0.25, -0.2) is 4.98 Å². The van der Waals surface area contributed by atoms with E-state index in [0.29, 0.717) is 10.7 Å². The third-order valence-corrected chi connectivity index (χ3v) is 7.91. The third kappa shape index (κ3) is 4.13. The Hall–Kier alpha value is -2.61. The van der Waals surface area contributed by atoms with Gasteiger partial charge in [-0.3, -0.25) is 10.1 Å². The van der Waals surface area contributed by atoms with Crippen LogP contribution < -0.4 is 10.6 Å². The van der Waals surface area contributed by atoms with E-state index >= 15 is 0 Å².